The van der Waals surface area contributed by atoms with Gasteiger partial charge in [0.15, 0.2) is 0 Å². The third kappa shape index (κ3) is 2.05. The Morgan fingerprint density at radius 1 is 1.50 bits per heavy atom. The van der Waals surface area contributed by atoms with E-state index in [4.69, 9.17) is 0 Å². The minimum atomic E-state index is 0.406. The molecule has 1 aliphatic rings. The highest BCUT2D eigenvalue weighted by Crippen LogP contribution is 2.23. The molecule has 3 heteroatoms. The molecule has 0 unspecified atom stereocenters. The Hall–Kier alpha value is -0.640. The van der Waals surface area contributed by atoms with Crippen LogP contribution in [-0.4, -0.2) is 31.1 Å². The Balaban J connectivity index is 2.08. The van der Waals surface area contributed by atoms with E-state index in [0.717, 1.165) is 26.2 Å². The molecule has 14 heavy (non-hydrogen) atoms. The van der Waals surface area contributed by atoms with Crippen molar-refractivity contribution in [3.63, 3.8) is 0 Å². The van der Waals surface area contributed by atoms with Gasteiger partial charge in [0.2, 0.25) is 0 Å². The molecule has 0 bridgehead atoms. The van der Waals surface area contributed by atoms with E-state index >= 15 is 0 Å². The van der Waals surface area contributed by atoms with E-state index in [1.165, 1.54) is 5.56 Å². The van der Waals surface area contributed by atoms with Crippen LogP contribution in [-0.2, 0) is 0 Å². The summed E-state index contributed by atoms with van der Waals surface area (Å²) in [5, 5.41) is 7.72. The van der Waals surface area contributed by atoms with Crippen molar-refractivity contribution in [1.29, 1.82) is 0 Å². The zero-order chi connectivity index (χ0) is 9.80. The van der Waals surface area contributed by atoms with Crippen LogP contribution in [0.25, 0.3) is 0 Å². The van der Waals surface area contributed by atoms with Crippen LogP contribution >= 0.6 is 11.3 Å². The summed E-state index contributed by atoms with van der Waals surface area (Å²) in [6.07, 6.45) is 2.05. The normalized spacial score (nSPS) is 20.6. The molecular formula is C11H16N2S. The molecule has 1 fully saturated rings. The number of nitrogens with one attached hydrogen (secondary N) is 1. The van der Waals surface area contributed by atoms with Crippen LogP contribution in [0.1, 0.15) is 11.6 Å². The van der Waals surface area contributed by atoms with Gasteiger partial charge >= 0.3 is 0 Å². The molecule has 2 rings (SSSR count). The molecule has 1 atom stereocenters. The second kappa shape index (κ2) is 4.73. The highest BCUT2D eigenvalue weighted by molar-refractivity contribution is 7.07. The minimum Gasteiger partial charge on any atom is -0.314 e. The third-order valence-electron chi connectivity index (χ3n) is 2.65. The summed E-state index contributed by atoms with van der Waals surface area (Å²) in [5.74, 6) is 0. The fourth-order valence-electron chi connectivity index (χ4n) is 1.90. The van der Waals surface area contributed by atoms with Crippen LogP contribution < -0.4 is 5.32 Å². The first-order chi connectivity index (χ1) is 6.92. The lowest BCUT2D eigenvalue weighted by atomic mass is 10.1. The Morgan fingerprint density at radius 3 is 2.86 bits per heavy atom. The van der Waals surface area contributed by atoms with Gasteiger partial charge in [-0.25, -0.2) is 0 Å². The van der Waals surface area contributed by atoms with E-state index in [9.17, 15) is 0 Å². The van der Waals surface area contributed by atoms with Crippen molar-refractivity contribution < 1.29 is 0 Å². The number of rotatable bonds is 3. The van der Waals surface area contributed by atoms with Crippen molar-refractivity contribution in [1.82, 2.24) is 10.2 Å². The molecule has 1 aliphatic heterocycles. The van der Waals surface area contributed by atoms with Gasteiger partial charge in [0.25, 0.3) is 0 Å². The van der Waals surface area contributed by atoms with Gasteiger partial charge in [0, 0.05) is 26.2 Å². The summed E-state index contributed by atoms with van der Waals surface area (Å²) in [4.78, 5) is 2.48. The maximum Gasteiger partial charge on any atom is 0.0538 e. The van der Waals surface area contributed by atoms with Crippen molar-refractivity contribution in [3.8, 4) is 0 Å². The molecule has 0 saturated carbocycles. The number of piperazine rings is 1. The van der Waals surface area contributed by atoms with Gasteiger partial charge in [-0.1, -0.05) is 6.08 Å². The number of hydrogen-bond donors (Lipinski definition) is 1. The number of thiophene rings is 1. The fraction of sp³-hybridized carbons (Fsp3) is 0.455. The standard InChI is InChI=1S/C11H16N2S/c1-2-11(10-3-8-14-9-10)13-6-4-12-5-7-13/h2-3,8-9,11-12H,1,4-7H2/t11-/m1/s1. The summed E-state index contributed by atoms with van der Waals surface area (Å²) in [6.45, 7) is 8.35. The first-order valence-electron chi connectivity index (χ1n) is 5.01. The van der Waals surface area contributed by atoms with Crippen molar-refractivity contribution >= 4 is 11.3 Å². The van der Waals surface area contributed by atoms with Crippen LogP contribution in [0.3, 0.4) is 0 Å². The molecular weight excluding hydrogens is 192 g/mol. The van der Waals surface area contributed by atoms with Gasteiger partial charge < -0.3 is 5.32 Å². The topological polar surface area (TPSA) is 15.3 Å². The molecule has 0 aliphatic carbocycles. The van der Waals surface area contributed by atoms with E-state index in [1.54, 1.807) is 11.3 Å². The van der Waals surface area contributed by atoms with Crippen molar-refractivity contribution in [2.75, 3.05) is 26.2 Å². The quantitative estimate of drug-likeness (QED) is 0.763. The Bertz CT molecular complexity index is 275. The lowest BCUT2D eigenvalue weighted by Crippen LogP contribution is -2.44. The first kappa shape index (κ1) is 9.90. The fourth-order valence-corrected chi connectivity index (χ4v) is 2.59. The van der Waals surface area contributed by atoms with Crippen molar-refractivity contribution in [2.24, 2.45) is 0 Å². The van der Waals surface area contributed by atoms with Gasteiger partial charge in [-0.05, 0) is 22.4 Å². The van der Waals surface area contributed by atoms with Crippen LogP contribution in [0.2, 0.25) is 0 Å². The van der Waals surface area contributed by atoms with E-state index < -0.39 is 0 Å². The maximum atomic E-state index is 3.93. The zero-order valence-corrected chi connectivity index (χ0v) is 9.09. The molecule has 1 N–H and O–H groups in total. The summed E-state index contributed by atoms with van der Waals surface area (Å²) < 4.78 is 0. The second-order valence-electron chi connectivity index (χ2n) is 3.52. The predicted molar refractivity (Wildman–Crippen MR) is 61.7 cm³/mol. The lowest BCUT2D eigenvalue weighted by Gasteiger charge is -2.32. The van der Waals surface area contributed by atoms with E-state index in [0.29, 0.717) is 6.04 Å². The van der Waals surface area contributed by atoms with Crippen molar-refractivity contribution in [3.05, 3.63) is 35.0 Å². The summed E-state index contributed by atoms with van der Waals surface area (Å²) in [6, 6.07) is 2.60. The second-order valence-corrected chi connectivity index (χ2v) is 4.30. The molecule has 0 amide bonds. The van der Waals surface area contributed by atoms with Gasteiger partial charge in [-0.15, -0.1) is 6.58 Å². The molecule has 1 aromatic rings. The Morgan fingerprint density at radius 2 is 2.29 bits per heavy atom. The third-order valence-corrected chi connectivity index (χ3v) is 3.35. The lowest BCUT2D eigenvalue weighted by molar-refractivity contribution is 0.204. The predicted octanol–water partition coefficient (Wildman–Crippen LogP) is 1.88. The van der Waals surface area contributed by atoms with Gasteiger partial charge in [0.05, 0.1) is 6.04 Å². The van der Waals surface area contributed by atoms with Gasteiger partial charge in [-0.3, -0.25) is 4.90 Å². The average Bonchev–Trinajstić information content (AvgIpc) is 2.74. The van der Waals surface area contributed by atoms with E-state index in [1.807, 2.05) is 6.08 Å². The van der Waals surface area contributed by atoms with Crippen LogP contribution in [0, 0.1) is 0 Å². The average molecular weight is 208 g/mol. The first-order valence-corrected chi connectivity index (χ1v) is 5.95. The maximum absolute atomic E-state index is 3.93. The Labute approximate surface area is 89.2 Å². The van der Waals surface area contributed by atoms with Gasteiger partial charge in [-0.2, -0.15) is 11.3 Å². The monoisotopic (exact) mass is 208 g/mol. The van der Waals surface area contributed by atoms with E-state index in [2.05, 4.69) is 33.6 Å². The Kier molecular flexibility index (Phi) is 3.35. The largest absolute Gasteiger partial charge is 0.314 e. The number of nitrogens with zero attached hydrogens (tertiary/aromatic N) is 1. The van der Waals surface area contributed by atoms with Crippen LogP contribution in [0.5, 0.6) is 0 Å². The summed E-state index contributed by atoms with van der Waals surface area (Å²) >= 11 is 1.76. The van der Waals surface area contributed by atoms with E-state index in [-0.39, 0.29) is 0 Å². The molecule has 76 valence electrons. The van der Waals surface area contributed by atoms with Crippen LogP contribution in [0.15, 0.2) is 29.5 Å². The van der Waals surface area contributed by atoms with Gasteiger partial charge in [0.1, 0.15) is 0 Å². The highest BCUT2D eigenvalue weighted by Gasteiger charge is 2.19. The molecule has 0 radical (unpaired) electrons. The summed E-state index contributed by atoms with van der Waals surface area (Å²) in [7, 11) is 0. The SMILES string of the molecule is C=C[C@H](c1ccsc1)N1CCNCC1. The minimum absolute atomic E-state index is 0.406. The molecule has 1 aromatic heterocycles. The zero-order valence-electron chi connectivity index (χ0n) is 8.28. The van der Waals surface area contributed by atoms with Crippen LogP contribution in [0.4, 0.5) is 0 Å². The summed E-state index contributed by atoms with van der Waals surface area (Å²) in [5.41, 5.74) is 1.38. The molecule has 0 spiro atoms. The van der Waals surface area contributed by atoms with Crippen molar-refractivity contribution in [2.45, 2.75) is 6.04 Å². The highest BCUT2D eigenvalue weighted by atomic mass is 32.1. The smallest absolute Gasteiger partial charge is 0.0538 e. The molecule has 2 nitrogen and oxygen atoms in total. The molecule has 1 saturated heterocycles. The number of hydrogen-bond acceptors (Lipinski definition) is 3. The molecule has 2 heterocycles. The molecule has 0 aromatic carbocycles.